The molecule has 0 unspecified atom stereocenters. The van der Waals surface area contributed by atoms with Crippen LogP contribution in [0, 0.1) is 0 Å². The van der Waals surface area contributed by atoms with Crippen molar-refractivity contribution in [1.29, 1.82) is 0 Å². The van der Waals surface area contributed by atoms with Crippen LogP contribution in [0.25, 0.3) is 0 Å². The standard InChI is InChI=1S/C13H19N3O2/c1-16(12-4-6-14-7-5-12)9-11-3-2-10(8-15-11)13(17)18/h2-3,8,12,14H,4-7,9H2,1H3,(H,17,18). The number of piperidine rings is 1. The second-order valence-electron chi connectivity index (χ2n) is 4.74. The highest BCUT2D eigenvalue weighted by Crippen LogP contribution is 2.12. The number of aromatic nitrogens is 1. The molecule has 2 N–H and O–H groups in total. The van der Waals surface area contributed by atoms with Crippen molar-refractivity contribution in [3.05, 3.63) is 29.6 Å². The molecule has 1 aromatic heterocycles. The molecule has 0 amide bonds. The molecule has 0 aliphatic carbocycles. The molecule has 1 aliphatic rings. The van der Waals surface area contributed by atoms with Crippen LogP contribution in [-0.4, -0.2) is 47.1 Å². The van der Waals surface area contributed by atoms with Gasteiger partial charge in [0.15, 0.2) is 0 Å². The van der Waals surface area contributed by atoms with Gasteiger partial charge in [0, 0.05) is 18.8 Å². The van der Waals surface area contributed by atoms with Crippen LogP contribution in [0.1, 0.15) is 28.9 Å². The second kappa shape index (κ2) is 5.93. The van der Waals surface area contributed by atoms with E-state index < -0.39 is 5.97 Å². The topological polar surface area (TPSA) is 65.5 Å². The van der Waals surface area contributed by atoms with Gasteiger partial charge in [-0.2, -0.15) is 0 Å². The summed E-state index contributed by atoms with van der Waals surface area (Å²) in [5.74, 6) is -0.930. The van der Waals surface area contributed by atoms with Crippen molar-refractivity contribution in [2.24, 2.45) is 0 Å². The van der Waals surface area contributed by atoms with Crippen LogP contribution in [0.3, 0.4) is 0 Å². The van der Waals surface area contributed by atoms with Gasteiger partial charge >= 0.3 is 5.97 Å². The molecule has 18 heavy (non-hydrogen) atoms. The predicted molar refractivity (Wildman–Crippen MR) is 68.6 cm³/mol. The zero-order valence-electron chi connectivity index (χ0n) is 10.6. The lowest BCUT2D eigenvalue weighted by Crippen LogP contribution is -2.40. The van der Waals surface area contributed by atoms with E-state index in [1.165, 1.54) is 6.20 Å². The summed E-state index contributed by atoms with van der Waals surface area (Å²) >= 11 is 0. The number of hydrogen-bond acceptors (Lipinski definition) is 4. The van der Waals surface area contributed by atoms with Crippen LogP contribution in [0.2, 0.25) is 0 Å². The fraction of sp³-hybridized carbons (Fsp3) is 0.538. The van der Waals surface area contributed by atoms with Gasteiger partial charge < -0.3 is 10.4 Å². The zero-order chi connectivity index (χ0) is 13.0. The number of pyridine rings is 1. The van der Waals surface area contributed by atoms with E-state index in [4.69, 9.17) is 5.11 Å². The fourth-order valence-electron chi connectivity index (χ4n) is 2.28. The molecule has 0 spiro atoms. The largest absolute Gasteiger partial charge is 0.478 e. The van der Waals surface area contributed by atoms with Gasteiger partial charge in [-0.25, -0.2) is 4.79 Å². The van der Waals surface area contributed by atoms with E-state index in [1.807, 2.05) is 0 Å². The maximum atomic E-state index is 10.7. The van der Waals surface area contributed by atoms with Crippen LogP contribution in [-0.2, 0) is 6.54 Å². The Morgan fingerprint density at radius 1 is 1.50 bits per heavy atom. The van der Waals surface area contributed by atoms with Crippen LogP contribution in [0.5, 0.6) is 0 Å². The lowest BCUT2D eigenvalue weighted by Gasteiger charge is -2.31. The minimum absolute atomic E-state index is 0.239. The predicted octanol–water partition coefficient (Wildman–Crippen LogP) is 0.964. The van der Waals surface area contributed by atoms with Gasteiger partial charge in [0.05, 0.1) is 11.3 Å². The first-order valence-corrected chi connectivity index (χ1v) is 6.26. The molecule has 2 rings (SSSR count). The Bertz CT molecular complexity index is 399. The van der Waals surface area contributed by atoms with Gasteiger partial charge in [-0.15, -0.1) is 0 Å². The highest BCUT2D eigenvalue weighted by Gasteiger charge is 2.18. The lowest BCUT2D eigenvalue weighted by atomic mass is 10.1. The molecule has 2 heterocycles. The van der Waals surface area contributed by atoms with Crippen molar-refractivity contribution in [3.8, 4) is 0 Å². The fourth-order valence-corrected chi connectivity index (χ4v) is 2.28. The maximum Gasteiger partial charge on any atom is 0.337 e. The summed E-state index contributed by atoms with van der Waals surface area (Å²) in [7, 11) is 2.10. The minimum Gasteiger partial charge on any atom is -0.478 e. The summed E-state index contributed by atoms with van der Waals surface area (Å²) in [6.07, 6.45) is 3.74. The SMILES string of the molecule is CN(Cc1ccc(C(=O)O)cn1)C1CCNCC1. The molecule has 0 bridgehead atoms. The van der Waals surface area contributed by atoms with Crippen molar-refractivity contribution < 1.29 is 9.90 Å². The first-order chi connectivity index (χ1) is 8.66. The number of hydrogen-bond donors (Lipinski definition) is 2. The molecular weight excluding hydrogens is 230 g/mol. The van der Waals surface area contributed by atoms with Gasteiger partial charge in [0.2, 0.25) is 0 Å². The summed E-state index contributed by atoms with van der Waals surface area (Å²) in [6.45, 7) is 2.91. The molecule has 1 saturated heterocycles. The Labute approximate surface area is 107 Å². The quantitative estimate of drug-likeness (QED) is 0.832. The molecule has 0 radical (unpaired) electrons. The Hall–Kier alpha value is -1.46. The van der Waals surface area contributed by atoms with Crippen LogP contribution in [0.15, 0.2) is 18.3 Å². The van der Waals surface area contributed by atoms with Crippen molar-refractivity contribution >= 4 is 5.97 Å². The van der Waals surface area contributed by atoms with E-state index in [0.717, 1.165) is 38.2 Å². The van der Waals surface area contributed by atoms with Gasteiger partial charge in [-0.1, -0.05) is 0 Å². The van der Waals surface area contributed by atoms with Crippen LogP contribution >= 0.6 is 0 Å². The molecule has 1 aromatic rings. The van der Waals surface area contributed by atoms with E-state index in [-0.39, 0.29) is 5.56 Å². The summed E-state index contributed by atoms with van der Waals surface area (Å²) in [6, 6.07) is 3.99. The number of carboxylic acids is 1. The summed E-state index contributed by atoms with van der Waals surface area (Å²) in [4.78, 5) is 17.2. The number of carbonyl (C=O) groups is 1. The average molecular weight is 249 g/mol. The molecule has 1 fully saturated rings. The molecule has 98 valence electrons. The van der Waals surface area contributed by atoms with Crippen molar-refractivity contribution in [1.82, 2.24) is 15.2 Å². The number of carboxylic acid groups (broad SMARTS) is 1. The Balaban J connectivity index is 1.93. The van der Waals surface area contributed by atoms with E-state index in [9.17, 15) is 4.79 Å². The first-order valence-electron chi connectivity index (χ1n) is 6.26. The molecule has 5 heteroatoms. The normalized spacial score (nSPS) is 17.0. The highest BCUT2D eigenvalue weighted by molar-refractivity contribution is 5.87. The second-order valence-corrected chi connectivity index (χ2v) is 4.74. The molecule has 0 atom stereocenters. The third-order valence-corrected chi connectivity index (χ3v) is 3.42. The summed E-state index contributed by atoms with van der Waals surface area (Å²) < 4.78 is 0. The molecular formula is C13H19N3O2. The average Bonchev–Trinajstić information content (AvgIpc) is 2.40. The third-order valence-electron chi connectivity index (χ3n) is 3.42. The summed E-state index contributed by atoms with van der Waals surface area (Å²) in [5.41, 5.74) is 1.16. The first kappa shape index (κ1) is 13.0. The van der Waals surface area contributed by atoms with Crippen molar-refractivity contribution in [3.63, 3.8) is 0 Å². The van der Waals surface area contributed by atoms with Crippen LogP contribution in [0.4, 0.5) is 0 Å². The van der Waals surface area contributed by atoms with E-state index in [1.54, 1.807) is 12.1 Å². The van der Waals surface area contributed by atoms with Gasteiger partial charge in [-0.05, 0) is 45.1 Å². The van der Waals surface area contributed by atoms with Crippen molar-refractivity contribution in [2.75, 3.05) is 20.1 Å². The summed E-state index contributed by atoms with van der Waals surface area (Å²) in [5, 5.41) is 12.1. The van der Waals surface area contributed by atoms with Gasteiger partial charge in [-0.3, -0.25) is 9.88 Å². The zero-order valence-corrected chi connectivity index (χ0v) is 10.6. The monoisotopic (exact) mass is 249 g/mol. The number of aromatic carboxylic acids is 1. The maximum absolute atomic E-state index is 10.7. The van der Waals surface area contributed by atoms with Gasteiger partial charge in [0.1, 0.15) is 0 Å². The Morgan fingerprint density at radius 3 is 2.78 bits per heavy atom. The van der Waals surface area contributed by atoms with E-state index in [0.29, 0.717) is 6.04 Å². The minimum atomic E-state index is -0.930. The Kier molecular flexibility index (Phi) is 4.28. The molecule has 5 nitrogen and oxygen atoms in total. The Morgan fingerprint density at radius 2 is 2.22 bits per heavy atom. The molecule has 0 saturated carbocycles. The smallest absolute Gasteiger partial charge is 0.337 e. The third kappa shape index (κ3) is 3.27. The number of nitrogens with one attached hydrogen (secondary N) is 1. The highest BCUT2D eigenvalue weighted by atomic mass is 16.4. The van der Waals surface area contributed by atoms with E-state index >= 15 is 0 Å². The van der Waals surface area contributed by atoms with Crippen molar-refractivity contribution in [2.45, 2.75) is 25.4 Å². The van der Waals surface area contributed by atoms with Crippen LogP contribution < -0.4 is 5.32 Å². The number of nitrogens with zero attached hydrogens (tertiary/aromatic N) is 2. The van der Waals surface area contributed by atoms with E-state index in [2.05, 4.69) is 22.2 Å². The molecule has 0 aromatic carbocycles. The molecule has 1 aliphatic heterocycles. The lowest BCUT2D eigenvalue weighted by molar-refractivity contribution is 0.0696. The number of rotatable bonds is 4. The van der Waals surface area contributed by atoms with Gasteiger partial charge in [0.25, 0.3) is 0 Å².